The van der Waals surface area contributed by atoms with E-state index in [-0.39, 0.29) is 23.7 Å². The highest BCUT2D eigenvalue weighted by molar-refractivity contribution is 6.20. The number of aryl methyl sites for hydroxylation is 2. The molecule has 4 aromatic rings. The average molecular weight is 678 g/mol. The molecule has 0 spiro atoms. The van der Waals surface area contributed by atoms with Gasteiger partial charge in [-0.3, -0.25) is 19.2 Å². The molecule has 2 amide bonds. The molecule has 2 bridgehead atoms. The van der Waals surface area contributed by atoms with Gasteiger partial charge in [0.15, 0.2) is 11.5 Å². The fourth-order valence-corrected chi connectivity index (χ4v) is 9.45. The summed E-state index contributed by atoms with van der Waals surface area (Å²) in [5, 5.41) is 1.84. The number of alkyl halides is 2. The summed E-state index contributed by atoms with van der Waals surface area (Å²) in [7, 11) is 0. The molecule has 10 nitrogen and oxygen atoms in total. The van der Waals surface area contributed by atoms with Gasteiger partial charge in [-0.05, 0) is 55.4 Å². The van der Waals surface area contributed by atoms with Gasteiger partial charge >= 0.3 is 11.9 Å². The van der Waals surface area contributed by atoms with Crippen LogP contribution in [-0.2, 0) is 19.2 Å². The summed E-state index contributed by atoms with van der Waals surface area (Å²) in [4.78, 5) is 62.7. The maximum atomic E-state index is 14.4. The zero-order chi connectivity index (χ0) is 33.2. The van der Waals surface area contributed by atoms with E-state index in [1.807, 2.05) is 26.2 Å². The van der Waals surface area contributed by atoms with E-state index in [2.05, 4.69) is 9.97 Å². The molecule has 9 rings (SSSR count). The SMILES string of the molecule is CC(=O)Oc1cc2c(c3c(C)c[nH]c13)[C@H](CCl)CN2C(=O)C12CC(C(=O)N3C[C@@H](CCl)c4c3cc(OC(C)=O)c3[nH]cc(C)c43)(C1)C2. The molecule has 0 radical (unpaired) electrons. The first-order chi connectivity index (χ1) is 22.4. The predicted molar refractivity (Wildman–Crippen MR) is 179 cm³/mol. The lowest BCUT2D eigenvalue weighted by molar-refractivity contribution is -0.205. The number of benzene rings is 2. The highest BCUT2D eigenvalue weighted by Gasteiger charge is 2.76. The lowest BCUT2D eigenvalue weighted by Crippen LogP contribution is -2.73. The molecule has 0 unspecified atom stereocenters. The van der Waals surface area contributed by atoms with Crippen LogP contribution < -0.4 is 19.3 Å². The zero-order valence-corrected chi connectivity index (χ0v) is 28.0. The van der Waals surface area contributed by atoms with Crippen molar-refractivity contribution < 1.29 is 28.7 Å². The number of hydrogen-bond acceptors (Lipinski definition) is 6. The highest BCUT2D eigenvalue weighted by atomic mass is 35.5. The van der Waals surface area contributed by atoms with Crippen molar-refractivity contribution in [1.29, 1.82) is 0 Å². The first-order valence-corrected chi connectivity index (χ1v) is 16.9. The predicted octanol–water partition coefficient (Wildman–Crippen LogP) is 6.33. The van der Waals surface area contributed by atoms with Crippen LogP contribution in [0.4, 0.5) is 11.4 Å². The van der Waals surface area contributed by atoms with Crippen molar-refractivity contribution in [2.24, 2.45) is 10.8 Å². The van der Waals surface area contributed by atoms with Crippen LogP contribution in [0.1, 0.15) is 67.2 Å². The number of nitrogens with one attached hydrogen (secondary N) is 2. The maximum absolute atomic E-state index is 14.4. The standard InChI is InChI=1S/C35H34Cl2N4O6/c1-16-9-38-30-24(46-18(3)42)5-22-28(26(16)30)20(7-36)11-40(22)32(44)34-13-35(14-34,15-34)33(45)41-12-21(8-37)29-23(41)6-25(47-19(4)43)31-27(29)17(2)10-39-31/h5-6,9-10,20-21,38-39H,7-8,11-15H2,1-4H3/t20-,21-,34?,35?/m1/s1. The number of ether oxygens (including phenoxy) is 2. The Balaban J connectivity index is 1.10. The number of carbonyl (C=O) groups is 4. The van der Waals surface area contributed by atoms with Crippen LogP contribution in [0.3, 0.4) is 0 Å². The molecular formula is C35H34Cl2N4O6. The Bertz CT molecular complexity index is 1920. The smallest absolute Gasteiger partial charge is 0.308 e. The number of amides is 2. The van der Waals surface area contributed by atoms with E-state index in [0.29, 0.717) is 78.0 Å². The number of rotatable bonds is 6. The van der Waals surface area contributed by atoms with Crippen molar-refractivity contribution in [3.05, 3.63) is 46.8 Å². The van der Waals surface area contributed by atoms with E-state index in [1.165, 1.54) is 13.8 Å². The van der Waals surface area contributed by atoms with Crippen LogP contribution in [0.25, 0.3) is 21.8 Å². The third-order valence-corrected chi connectivity index (χ3v) is 11.5. The molecule has 4 heterocycles. The molecule has 0 saturated heterocycles. The number of carbonyl (C=O) groups excluding carboxylic acids is 4. The number of H-pyrrole nitrogens is 2. The Morgan fingerprint density at radius 1 is 0.745 bits per heavy atom. The number of fused-ring (bicyclic) bond motifs is 6. The van der Waals surface area contributed by atoms with Gasteiger partial charge in [-0.2, -0.15) is 0 Å². The molecule has 47 heavy (non-hydrogen) atoms. The van der Waals surface area contributed by atoms with Crippen LogP contribution >= 0.6 is 23.2 Å². The molecule has 12 heteroatoms. The number of nitrogens with zero attached hydrogens (tertiary/aromatic N) is 2. The normalized spacial score (nSPS) is 25.4. The number of aromatic amines is 2. The Kier molecular flexibility index (Phi) is 6.61. The summed E-state index contributed by atoms with van der Waals surface area (Å²) >= 11 is 13.0. The molecule has 3 saturated carbocycles. The summed E-state index contributed by atoms with van der Waals surface area (Å²) < 4.78 is 11.2. The minimum atomic E-state index is -0.642. The van der Waals surface area contributed by atoms with Crippen LogP contribution in [0.2, 0.25) is 0 Å². The van der Waals surface area contributed by atoms with E-state index < -0.39 is 22.8 Å². The maximum Gasteiger partial charge on any atom is 0.308 e. The van der Waals surface area contributed by atoms with E-state index in [9.17, 15) is 19.2 Å². The van der Waals surface area contributed by atoms with Crippen molar-refractivity contribution in [3.63, 3.8) is 0 Å². The second-order valence-corrected chi connectivity index (χ2v) is 14.5. The lowest BCUT2D eigenvalue weighted by Gasteiger charge is -2.69. The van der Waals surface area contributed by atoms with Crippen LogP contribution in [-0.4, -0.2) is 58.6 Å². The topological polar surface area (TPSA) is 125 Å². The molecule has 3 fully saturated rings. The van der Waals surface area contributed by atoms with Crippen molar-refractivity contribution in [3.8, 4) is 11.5 Å². The Labute approximate surface area is 280 Å². The Morgan fingerprint density at radius 2 is 1.13 bits per heavy atom. The van der Waals surface area contributed by atoms with E-state index in [1.54, 1.807) is 21.9 Å². The Morgan fingerprint density at radius 3 is 1.47 bits per heavy atom. The number of hydrogen-bond donors (Lipinski definition) is 2. The molecule has 2 aromatic carbocycles. The number of halogens is 2. The first-order valence-electron chi connectivity index (χ1n) is 15.8. The summed E-state index contributed by atoms with van der Waals surface area (Å²) in [5.74, 6) is 0.290. The minimum Gasteiger partial charge on any atom is -0.424 e. The van der Waals surface area contributed by atoms with Gasteiger partial charge in [-0.25, -0.2) is 0 Å². The summed E-state index contributed by atoms with van der Waals surface area (Å²) in [6.07, 6.45) is 5.10. The van der Waals surface area contributed by atoms with Gasteiger partial charge in [0, 0.05) is 85.8 Å². The molecule has 3 aliphatic carbocycles. The molecule has 2 aromatic heterocycles. The van der Waals surface area contributed by atoms with Gasteiger partial charge in [-0.15, -0.1) is 23.2 Å². The molecule has 2 aliphatic heterocycles. The largest absolute Gasteiger partial charge is 0.424 e. The minimum absolute atomic E-state index is 0.0235. The van der Waals surface area contributed by atoms with Crippen LogP contribution in [0, 0.1) is 24.7 Å². The van der Waals surface area contributed by atoms with Gasteiger partial charge in [0.1, 0.15) is 0 Å². The summed E-state index contributed by atoms with van der Waals surface area (Å²) in [6.45, 7) is 7.50. The van der Waals surface area contributed by atoms with Crippen molar-refractivity contribution in [2.75, 3.05) is 34.6 Å². The van der Waals surface area contributed by atoms with E-state index >= 15 is 0 Å². The lowest BCUT2D eigenvalue weighted by atomic mass is 9.34. The van der Waals surface area contributed by atoms with Gasteiger partial charge in [-0.1, -0.05) is 0 Å². The van der Waals surface area contributed by atoms with Gasteiger partial charge in [0.2, 0.25) is 11.8 Å². The fraction of sp³-hybridized carbons (Fsp3) is 0.429. The summed E-state index contributed by atoms with van der Waals surface area (Å²) in [5.41, 5.74) is 5.47. The zero-order valence-electron chi connectivity index (χ0n) is 26.5. The highest BCUT2D eigenvalue weighted by Crippen LogP contribution is 2.75. The van der Waals surface area contributed by atoms with Gasteiger partial charge in [0.25, 0.3) is 0 Å². The van der Waals surface area contributed by atoms with Crippen LogP contribution in [0.15, 0.2) is 24.5 Å². The van der Waals surface area contributed by atoms with Gasteiger partial charge < -0.3 is 29.2 Å². The second kappa shape index (κ2) is 10.2. The number of esters is 2. The Hall–Kier alpha value is -4.02. The number of aromatic nitrogens is 2. The van der Waals surface area contributed by atoms with Crippen molar-refractivity contribution in [2.45, 2.75) is 58.8 Å². The molecule has 2 atom stereocenters. The fourth-order valence-electron chi connectivity index (χ4n) is 8.95. The quantitative estimate of drug-likeness (QED) is 0.140. The van der Waals surface area contributed by atoms with Crippen LogP contribution in [0.5, 0.6) is 11.5 Å². The molecule has 5 aliphatic rings. The third kappa shape index (κ3) is 4.10. The molecule has 244 valence electrons. The third-order valence-electron chi connectivity index (χ3n) is 10.8. The second-order valence-electron chi connectivity index (χ2n) is 13.9. The first kappa shape index (κ1) is 30.3. The number of anilines is 2. The monoisotopic (exact) mass is 676 g/mol. The molecule has 2 N–H and O–H groups in total. The molecular weight excluding hydrogens is 643 g/mol. The average Bonchev–Trinajstić information content (AvgIpc) is 3.74. The van der Waals surface area contributed by atoms with Crippen molar-refractivity contribution >= 4 is 80.1 Å². The van der Waals surface area contributed by atoms with Crippen molar-refractivity contribution in [1.82, 2.24) is 9.97 Å². The van der Waals surface area contributed by atoms with E-state index in [0.717, 1.165) is 33.0 Å². The van der Waals surface area contributed by atoms with E-state index in [4.69, 9.17) is 32.7 Å². The van der Waals surface area contributed by atoms with Gasteiger partial charge in [0.05, 0.1) is 33.2 Å². The summed E-state index contributed by atoms with van der Waals surface area (Å²) in [6, 6.07) is 3.54.